The summed E-state index contributed by atoms with van der Waals surface area (Å²) in [6, 6.07) is 15.4. The van der Waals surface area contributed by atoms with Gasteiger partial charge >= 0.3 is 0 Å². The van der Waals surface area contributed by atoms with Gasteiger partial charge in [0.1, 0.15) is 23.9 Å². The second-order valence-electron chi connectivity index (χ2n) is 15.0. The van der Waals surface area contributed by atoms with E-state index in [1.165, 1.54) is 77.8 Å². The van der Waals surface area contributed by atoms with Gasteiger partial charge in [-0.1, -0.05) is 37.6 Å². The zero-order valence-corrected chi connectivity index (χ0v) is 30.3. The minimum atomic E-state index is -0.393. The summed E-state index contributed by atoms with van der Waals surface area (Å²) in [6.45, 7) is 20.0. The van der Waals surface area contributed by atoms with Crippen molar-refractivity contribution >= 4 is 28.9 Å². The predicted molar refractivity (Wildman–Crippen MR) is 195 cm³/mol. The lowest BCUT2D eigenvalue weighted by molar-refractivity contribution is -0.0166. The molecule has 1 spiro atoms. The Morgan fingerprint density at radius 2 is 1.67 bits per heavy atom. The van der Waals surface area contributed by atoms with Crippen molar-refractivity contribution in [3.8, 4) is 11.5 Å². The van der Waals surface area contributed by atoms with Crippen molar-refractivity contribution in [3.05, 3.63) is 87.7 Å². The second kappa shape index (κ2) is 14.7. The van der Waals surface area contributed by atoms with Crippen molar-refractivity contribution in [2.24, 2.45) is 5.41 Å². The van der Waals surface area contributed by atoms with Gasteiger partial charge in [-0.15, -0.1) is 11.6 Å². The highest BCUT2D eigenvalue weighted by Crippen LogP contribution is 2.56. The molecule has 10 heteroatoms. The largest absolute Gasteiger partial charge is 0.502 e. The first-order valence-electron chi connectivity index (χ1n) is 17.9. The van der Waals surface area contributed by atoms with Crippen LogP contribution in [-0.2, 0) is 12.0 Å². The zero-order valence-electron chi connectivity index (χ0n) is 28.8. The highest BCUT2D eigenvalue weighted by atomic mass is 35.5. The maximum atomic E-state index is 7.65. The van der Waals surface area contributed by atoms with Crippen LogP contribution in [0.3, 0.4) is 0 Å². The summed E-state index contributed by atoms with van der Waals surface area (Å²) in [5, 5.41) is 3.84. The SMILES string of the molecule is [C-]#[N+]c1cc(C(C)(C)c2ccc(OCc3ccnc(C4CC5(CCN(C6CCN(C7CNC7)CC6)CC5)C4)n3)cc2)cc(Cl)c1OCCCl. The average molecular weight is 704 g/mol. The van der Waals surface area contributed by atoms with Crippen LogP contribution in [0.1, 0.15) is 80.9 Å². The number of rotatable bonds is 11. The third-order valence-electron chi connectivity index (χ3n) is 11.8. The van der Waals surface area contributed by atoms with E-state index in [2.05, 4.69) is 45.9 Å². The number of hydrogen-bond acceptors (Lipinski definition) is 7. The molecule has 0 atom stereocenters. The highest BCUT2D eigenvalue weighted by Gasteiger charge is 2.48. The van der Waals surface area contributed by atoms with E-state index in [-0.39, 0.29) is 0 Å². The third-order valence-corrected chi connectivity index (χ3v) is 12.2. The molecule has 1 N–H and O–H groups in total. The van der Waals surface area contributed by atoms with Crippen molar-refractivity contribution < 1.29 is 9.47 Å². The van der Waals surface area contributed by atoms with E-state index in [9.17, 15) is 0 Å². The number of aromatic nitrogens is 2. The van der Waals surface area contributed by atoms with Gasteiger partial charge in [0.2, 0.25) is 5.69 Å². The van der Waals surface area contributed by atoms with Crippen molar-refractivity contribution in [3.63, 3.8) is 0 Å². The lowest BCUT2D eigenvalue weighted by Crippen LogP contribution is -2.60. The smallest absolute Gasteiger partial charge is 0.229 e. The molecule has 8 nitrogen and oxygen atoms in total. The van der Waals surface area contributed by atoms with Gasteiger partial charge in [0.05, 0.1) is 29.8 Å². The maximum Gasteiger partial charge on any atom is 0.229 e. The van der Waals surface area contributed by atoms with Gasteiger partial charge in [0.15, 0.2) is 0 Å². The van der Waals surface area contributed by atoms with Crippen LogP contribution in [0.15, 0.2) is 48.7 Å². The molecule has 2 aromatic carbocycles. The van der Waals surface area contributed by atoms with Crippen molar-refractivity contribution in [1.29, 1.82) is 0 Å². The Labute approximate surface area is 301 Å². The van der Waals surface area contributed by atoms with Gasteiger partial charge < -0.3 is 19.7 Å². The number of alkyl halides is 1. The summed E-state index contributed by atoms with van der Waals surface area (Å²) >= 11 is 12.3. The average Bonchev–Trinajstić information content (AvgIpc) is 3.09. The number of nitrogens with zero attached hydrogens (tertiary/aromatic N) is 5. The van der Waals surface area contributed by atoms with E-state index in [0.717, 1.165) is 40.5 Å². The molecule has 260 valence electrons. The maximum absolute atomic E-state index is 7.65. The molecule has 4 heterocycles. The number of likely N-dealkylation sites (tertiary alicyclic amines) is 2. The molecule has 0 unspecified atom stereocenters. The summed E-state index contributed by atoms with van der Waals surface area (Å²) in [6.07, 6.45) is 9.60. The zero-order chi connectivity index (χ0) is 34.0. The quantitative estimate of drug-likeness (QED) is 0.163. The summed E-state index contributed by atoms with van der Waals surface area (Å²) in [7, 11) is 0. The molecule has 1 saturated carbocycles. The van der Waals surface area contributed by atoms with Gasteiger partial charge in [0, 0.05) is 55.8 Å². The van der Waals surface area contributed by atoms with E-state index in [0.29, 0.717) is 46.9 Å². The molecule has 3 aromatic rings. The van der Waals surface area contributed by atoms with Crippen LogP contribution >= 0.6 is 23.2 Å². The molecular formula is C39H48Cl2N6O2. The monoisotopic (exact) mass is 702 g/mol. The Balaban J connectivity index is 0.898. The number of hydrogen-bond donors (Lipinski definition) is 1. The number of nitrogens with one attached hydrogen (secondary N) is 1. The van der Waals surface area contributed by atoms with Gasteiger partial charge in [-0.05, 0) is 98.5 Å². The van der Waals surface area contributed by atoms with E-state index in [1.54, 1.807) is 0 Å². The Morgan fingerprint density at radius 3 is 2.33 bits per heavy atom. The van der Waals surface area contributed by atoms with E-state index >= 15 is 0 Å². The lowest BCUT2D eigenvalue weighted by Gasteiger charge is -2.53. The van der Waals surface area contributed by atoms with Crippen LogP contribution in [0.25, 0.3) is 4.85 Å². The molecule has 3 saturated heterocycles. The van der Waals surface area contributed by atoms with Gasteiger partial charge in [-0.25, -0.2) is 14.8 Å². The Morgan fingerprint density at radius 1 is 0.959 bits per heavy atom. The first kappa shape index (κ1) is 34.5. The minimum Gasteiger partial charge on any atom is -0.502 e. The van der Waals surface area contributed by atoms with Crippen molar-refractivity contribution in [1.82, 2.24) is 25.1 Å². The normalized spacial score (nSPS) is 20.8. The van der Waals surface area contributed by atoms with Crippen LogP contribution in [0.5, 0.6) is 11.5 Å². The minimum absolute atomic E-state index is 0.295. The lowest BCUT2D eigenvalue weighted by atomic mass is 9.57. The predicted octanol–water partition coefficient (Wildman–Crippen LogP) is 7.60. The molecular weight excluding hydrogens is 655 g/mol. The first-order chi connectivity index (χ1) is 23.8. The standard InChI is InChI=1S/C39H48Cl2N6O2/c1-38(2,29-20-34(41)36(48-19-13-40)35(21-29)42-3)28-4-6-33(7-5-28)49-26-30-8-14-44-37(45-30)27-22-39(23-27)11-17-47(18-12-39)31-9-15-46(16-10-31)32-24-43-25-32/h4-8,14,20-21,27,31-32,43H,9-13,15-19,22-26H2,1-2H3. The molecule has 1 aliphatic carbocycles. The fraction of sp³-hybridized carbons (Fsp3) is 0.564. The molecule has 7 rings (SSSR count). The molecule has 0 radical (unpaired) electrons. The Hall–Kier alpha value is -2.93. The van der Waals surface area contributed by atoms with Crippen molar-refractivity contribution in [2.45, 2.75) is 82.4 Å². The van der Waals surface area contributed by atoms with Crippen LogP contribution in [0.2, 0.25) is 5.02 Å². The molecule has 0 amide bonds. The summed E-state index contributed by atoms with van der Waals surface area (Å²) in [4.78, 5) is 18.8. The number of benzene rings is 2. The second-order valence-corrected chi connectivity index (χ2v) is 15.8. The fourth-order valence-electron chi connectivity index (χ4n) is 8.38. The summed E-state index contributed by atoms with van der Waals surface area (Å²) in [5.74, 6) is 2.91. The van der Waals surface area contributed by atoms with E-state index in [4.69, 9.17) is 49.2 Å². The van der Waals surface area contributed by atoms with Crippen LogP contribution in [0.4, 0.5) is 5.69 Å². The molecule has 3 aliphatic heterocycles. The summed E-state index contributed by atoms with van der Waals surface area (Å²) in [5.41, 5.74) is 3.40. The topological polar surface area (TPSA) is 67.1 Å². The first-order valence-corrected chi connectivity index (χ1v) is 18.8. The van der Waals surface area contributed by atoms with Crippen LogP contribution in [0, 0.1) is 12.0 Å². The van der Waals surface area contributed by atoms with E-state index < -0.39 is 5.41 Å². The van der Waals surface area contributed by atoms with E-state index in [1.807, 2.05) is 36.5 Å². The number of ether oxygens (including phenoxy) is 2. The molecule has 4 fully saturated rings. The van der Waals surface area contributed by atoms with Gasteiger partial charge in [-0.2, -0.15) is 0 Å². The van der Waals surface area contributed by atoms with Gasteiger partial charge in [-0.3, -0.25) is 4.90 Å². The van der Waals surface area contributed by atoms with Crippen LogP contribution in [-0.4, -0.2) is 83.6 Å². The molecule has 49 heavy (non-hydrogen) atoms. The molecule has 1 aromatic heterocycles. The molecule has 0 bridgehead atoms. The van der Waals surface area contributed by atoms with Crippen LogP contribution < -0.4 is 14.8 Å². The number of piperidine rings is 2. The number of halogens is 2. The highest BCUT2D eigenvalue weighted by molar-refractivity contribution is 6.32. The Kier molecular flexibility index (Phi) is 10.4. The summed E-state index contributed by atoms with van der Waals surface area (Å²) < 4.78 is 11.8. The third kappa shape index (κ3) is 7.43. The fourth-order valence-corrected chi connectivity index (χ4v) is 8.72. The van der Waals surface area contributed by atoms with Gasteiger partial charge in [0.25, 0.3) is 0 Å². The van der Waals surface area contributed by atoms with Crippen molar-refractivity contribution in [2.75, 3.05) is 51.8 Å². The Bertz CT molecular complexity index is 1630. The molecule has 4 aliphatic rings.